The van der Waals surface area contributed by atoms with E-state index in [1.165, 1.54) is 12.1 Å². The zero-order valence-corrected chi connectivity index (χ0v) is 11.2. The zero-order chi connectivity index (χ0) is 15.1. The maximum absolute atomic E-state index is 12.7. The van der Waals surface area contributed by atoms with Gasteiger partial charge >= 0.3 is 11.8 Å². The molecule has 0 saturated carbocycles. The lowest BCUT2D eigenvalue weighted by molar-refractivity contribution is -0.139. The lowest BCUT2D eigenvalue weighted by atomic mass is 10.2. The largest absolute Gasteiger partial charge is 0.344 e. The molecule has 0 aliphatic carbocycles. The average Bonchev–Trinajstić information content (AvgIpc) is 2.52. The Hall–Kier alpha value is -2.76. The average molecular weight is 287 g/mol. The van der Waals surface area contributed by atoms with Crippen molar-refractivity contribution < 1.29 is 14.0 Å². The second-order valence-electron chi connectivity index (χ2n) is 4.35. The van der Waals surface area contributed by atoms with Crippen LogP contribution in [0.4, 0.5) is 4.39 Å². The highest BCUT2D eigenvalue weighted by Crippen LogP contribution is 2.01. The number of carbonyl (C=O) groups excluding carboxylic acids is 2. The van der Waals surface area contributed by atoms with E-state index in [1.807, 2.05) is 0 Å². The Balaban J connectivity index is 1.77. The number of amides is 2. The minimum atomic E-state index is -0.733. The SMILES string of the molecule is O=C(NCc1ccc(F)cc1)C(=O)NCc1cccnc1. The smallest absolute Gasteiger partial charge is 0.309 e. The quantitative estimate of drug-likeness (QED) is 0.829. The summed E-state index contributed by atoms with van der Waals surface area (Å²) in [6.07, 6.45) is 3.23. The Labute approximate surface area is 121 Å². The monoisotopic (exact) mass is 287 g/mol. The van der Waals surface area contributed by atoms with Crippen molar-refractivity contribution in [1.82, 2.24) is 15.6 Å². The van der Waals surface area contributed by atoms with Gasteiger partial charge in [-0.3, -0.25) is 14.6 Å². The van der Waals surface area contributed by atoms with Crippen LogP contribution in [-0.2, 0) is 22.7 Å². The summed E-state index contributed by atoms with van der Waals surface area (Å²) in [6, 6.07) is 9.22. The third kappa shape index (κ3) is 4.68. The number of aromatic nitrogens is 1. The molecule has 1 heterocycles. The highest BCUT2D eigenvalue weighted by molar-refractivity contribution is 6.35. The maximum atomic E-state index is 12.7. The molecule has 2 aromatic rings. The Bertz CT molecular complexity index is 615. The van der Waals surface area contributed by atoms with Crippen LogP contribution in [0.2, 0.25) is 0 Å². The van der Waals surface area contributed by atoms with Crippen LogP contribution in [0.1, 0.15) is 11.1 Å². The lowest BCUT2D eigenvalue weighted by Gasteiger charge is -2.06. The van der Waals surface area contributed by atoms with Gasteiger partial charge in [0.05, 0.1) is 0 Å². The summed E-state index contributed by atoms with van der Waals surface area (Å²) in [5.41, 5.74) is 1.52. The molecule has 0 unspecified atom stereocenters. The van der Waals surface area contributed by atoms with Crippen LogP contribution in [0.3, 0.4) is 0 Å². The number of rotatable bonds is 4. The van der Waals surface area contributed by atoms with E-state index in [4.69, 9.17) is 0 Å². The number of halogens is 1. The molecule has 6 heteroatoms. The van der Waals surface area contributed by atoms with E-state index >= 15 is 0 Å². The normalized spacial score (nSPS) is 9.95. The van der Waals surface area contributed by atoms with Crippen LogP contribution >= 0.6 is 0 Å². The van der Waals surface area contributed by atoms with Crippen LogP contribution in [0, 0.1) is 5.82 Å². The molecular weight excluding hydrogens is 273 g/mol. The van der Waals surface area contributed by atoms with Crippen molar-refractivity contribution in [2.45, 2.75) is 13.1 Å². The molecule has 108 valence electrons. The van der Waals surface area contributed by atoms with Crippen LogP contribution in [-0.4, -0.2) is 16.8 Å². The van der Waals surface area contributed by atoms with Gasteiger partial charge < -0.3 is 10.6 Å². The topological polar surface area (TPSA) is 71.1 Å². The number of nitrogens with one attached hydrogen (secondary N) is 2. The minimum Gasteiger partial charge on any atom is -0.344 e. The number of benzene rings is 1. The number of carbonyl (C=O) groups is 2. The van der Waals surface area contributed by atoms with Gasteiger partial charge in [0.25, 0.3) is 0 Å². The molecule has 0 spiro atoms. The van der Waals surface area contributed by atoms with Crippen molar-refractivity contribution in [3.63, 3.8) is 0 Å². The highest BCUT2D eigenvalue weighted by atomic mass is 19.1. The van der Waals surface area contributed by atoms with Crippen molar-refractivity contribution in [3.8, 4) is 0 Å². The number of pyridine rings is 1. The number of hydrogen-bond acceptors (Lipinski definition) is 3. The van der Waals surface area contributed by atoms with Gasteiger partial charge in [0.15, 0.2) is 0 Å². The van der Waals surface area contributed by atoms with Crippen LogP contribution < -0.4 is 10.6 Å². The highest BCUT2D eigenvalue weighted by Gasteiger charge is 2.12. The maximum Gasteiger partial charge on any atom is 0.309 e. The van der Waals surface area contributed by atoms with E-state index in [0.29, 0.717) is 5.56 Å². The van der Waals surface area contributed by atoms with Crippen molar-refractivity contribution in [1.29, 1.82) is 0 Å². The summed E-state index contributed by atoms with van der Waals surface area (Å²) in [4.78, 5) is 27.1. The number of nitrogens with zero attached hydrogens (tertiary/aromatic N) is 1. The van der Waals surface area contributed by atoms with Gasteiger partial charge in [0, 0.05) is 25.5 Å². The molecule has 0 radical (unpaired) electrons. The van der Waals surface area contributed by atoms with E-state index in [9.17, 15) is 14.0 Å². The molecule has 21 heavy (non-hydrogen) atoms. The summed E-state index contributed by atoms with van der Waals surface area (Å²) in [6.45, 7) is 0.399. The second kappa shape index (κ2) is 7.14. The first-order valence-corrected chi connectivity index (χ1v) is 6.34. The van der Waals surface area contributed by atoms with Gasteiger partial charge in [0.1, 0.15) is 5.82 Å². The molecule has 2 N–H and O–H groups in total. The fraction of sp³-hybridized carbons (Fsp3) is 0.133. The van der Waals surface area contributed by atoms with Crippen molar-refractivity contribution in [2.24, 2.45) is 0 Å². The van der Waals surface area contributed by atoms with Gasteiger partial charge in [-0.1, -0.05) is 18.2 Å². The minimum absolute atomic E-state index is 0.166. The molecule has 0 aliphatic heterocycles. The number of hydrogen-bond donors (Lipinski definition) is 2. The third-order valence-electron chi connectivity index (χ3n) is 2.75. The molecule has 0 fully saturated rings. The molecule has 0 saturated heterocycles. The summed E-state index contributed by atoms with van der Waals surface area (Å²) in [5, 5.41) is 4.96. The summed E-state index contributed by atoms with van der Waals surface area (Å²) < 4.78 is 12.7. The molecule has 2 amide bonds. The summed E-state index contributed by atoms with van der Waals surface area (Å²) in [7, 11) is 0. The fourth-order valence-electron chi connectivity index (χ4n) is 1.63. The Morgan fingerprint density at radius 2 is 1.57 bits per heavy atom. The molecule has 1 aromatic heterocycles. The zero-order valence-electron chi connectivity index (χ0n) is 11.2. The molecule has 2 rings (SSSR count). The van der Waals surface area contributed by atoms with E-state index in [1.54, 1.807) is 36.7 Å². The van der Waals surface area contributed by atoms with Gasteiger partial charge in [0.2, 0.25) is 0 Å². The van der Waals surface area contributed by atoms with Crippen molar-refractivity contribution in [2.75, 3.05) is 0 Å². The first kappa shape index (κ1) is 14.6. The standard InChI is InChI=1S/C15H14FN3O2/c16-13-5-3-11(4-6-13)9-18-14(20)15(21)19-10-12-2-1-7-17-8-12/h1-8H,9-10H2,(H,18,20)(H,19,21). The van der Waals surface area contributed by atoms with Crippen LogP contribution in [0.15, 0.2) is 48.8 Å². The molecule has 5 nitrogen and oxygen atoms in total. The Morgan fingerprint density at radius 1 is 0.952 bits per heavy atom. The van der Waals surface area contributed by atoms with Crippen LogP contribution in [0.5, 0.6) is 0 Å². The van der Waals surface area contributed by atoms with E-state index in [2.05, 4.69) is 15.6 Å². The molecule has 0 atom stereocenters. The van der Waals surface area contributed by atoms with E-state index in [-0.39, 0.29) is 18.9 Å². The van der Waals surface area contributed by atoms with Crippen molar-refractivity contribution in [3.05, 3.63) is 65.7 Å². The summed E-state index contributed by atoms with van der Waals surface area (Å²) >= 11 is 0. The summed E-state index contributed by atoms with van der Waals surface area (Å²) in [5.74, 6) is -1.80. The van der Waals surface area contributed by atoms with Gasteiger partial charge in [-0.15, -0.1) is 0 Å². The second-order valence-corrected chi connectivity index (χ2v) is 4.35. The van der Waals surface area contributed by atoms with E-state index < -0.39 is 11.8 Å². The fourth-order valence-corrected chi connectivity index (χ4v) is 1.63. The molecule has 0 aliphatic rings. The van der Waals surface area contributed by atoms with Gasteiger partial charge in [-0.25, -0.2) is 4.39 Å². The first-order chi connectivity index (χ1) is 10.1. The predicted molar refractivity (Wildman–Crippen MR) is 74.3 cm³/mol. The predicted octanol–water partition coefficient (Wildman–Crippen LogP) is 1.15. The Kier molecular flexibility index (Phi) is 4.98. The third-order valence-corrected chi connectivity index (χ3v) is 2.75. The van der Waals surface area contributed by atoms with E-state index in [0.717, 1.165) is 5.56 Å². The lowest BCUT2D eigenvalue weighted by Crippen LogP contribution is -2.39. The van der Waals surface area contributed by atoms with Crippen molar-refractivity contribution >= 4 is 11.8 Å². The molecular formula is C15H14FN3O2. The van der Waals surface area contributed by atoms with Gasteiger partial charge in [-0.2, -0.15) is 0 Å². The van der Waals surface area contributed by atoms with Gasteiger partial charge in [-0.05, 0) is 29.3 Å². The molecule has 0 bridgehead atoms. The molecule has 1 aromatic carbocycles. The Morgan fingerprint density at radius 3 is 2.14 bits per heavy atom. The van der Waals surface area contributed by atoms with Crippen LogP contribution in [0.25, 0.3) is 0 Å². The first-order valence-electron chi connectivity index (χ1n) is 6.34.